The summed E-state index contributed by atoms with van der Waals surface area (Å²) in [6, 6.07) is 7.34. The van der Waals surface area contributed by atoms with E-state index in [2.05, 4.69) is 0 Å². The molecule has 0 radical (unpaired) electrons. The molecule has 3 nitrogen and oxygen atoms in total. The minimum absolute atomic E-state index is 0.389. The number of aliphatic carboxylic acids is 1. The highest BCUT2D eigenvalue weighted by atomic mass is 32.2. The average Bonchev–Trinajstić information content (AvgIpc) is 2.27. The highest BCUT2D eigenvalue weighted by molar-refractivity contribution is 7.85. The number of benzene rings is 1. The van der Waals surface area contributed by atoms with Gasteiger partial charge in [0.1, 0.15) is 0 Å². The molecule has 0 aliphatic rings. The Morgan fingerprint density at radius 1 is 1.25 bits per heavy atom. The van der Waals surface area contributed by atoms with Crippen molar-refractivity contribution in [2.45, 2.75) is 30.9 Å². The largest absolute Gasteiger partial charge is 0.481 e. The van der Waals surface area contributed by atoms with Crippen LogP contribution in [0.5, 0.6) is 0 Å². The predicted octanol–water partition coefficient (Wildman–Crippen LogP) is 2.21. The third-order valence-corrected chi connectivity index (χ3v) is 4.50. The molecule has 0 aromatic heterocycles. The van der Waals surface area contributed by atoms with Crippen LogP contribution < -0.4 is 0 Å². The summed E-state index contributed by atoms with van der Waals surface area (Å²) in [7, 11) is -1.27. The number of rotatable bonds is 4. The molecule has 1 aromatic carbocycles. The molecule has 4 heteroatoms. The second-order valence-corrected chi connectivity index (χ2v) is 5.75. The van der Waals surface area contributed by atoms with Crippen molar-refractivity contribution in [1.82, 2.24) is 0 Å². The van der Waals surface area contributed by atoms with Crippen LogP contribution in [0.15, 0.2) is 29.2 Å². The van der Waals surface area contributed by atoms with Gasteiger partial charge in [-0.1, -0.05) is 24.6 Å². The standard InChI is InChI=1S/C12H16O3S/c1-8-4-6-11(7-5-8)16(15)10(3)9(2)12(13)14/h4-7,9-10H,1-3H3,(H,13,14). The summed E-state index contributed by atoms with van der Waals surface area (Å²) in [5.74, 6) is -1.52. The van der Waals surface area contributed by atoms with Gasteiger partial charge in [-0.2, -0.15) is 0 Å². The zero-order chi connectivity index (χ0) is 12.3. The Kier molecular flexibility index (Phi) is 4.24. The fourth-order valence-electron chi connectivity index (χ4n) is 1.27. The molecule has 16 heavy (non-hydrogen) atoms. The zero-order valence-corrected chi connectivity index (χ0v) is 10.5. The van der Waals surface area contributed by atoms with Crippen LogP contribution in [0.2, 0.25) is 0 Å². The number of carboxylic acid groups (broad SMARTS) is 1. The Balaban J connectivity index is 2.86. The molecule has 1 N–H and O–H groups in total. The van der Waals surface area contributed by atoms with E-state index in [1.807, 2.05) is 19.1 Å². The van der Waals surface area contributed by atoms with E-state index in [1.54, 1.807) is 26.0 Å². The van der Waals surface area contributed by atoms with E-state index in [4.69, 9.17) is 5.11 Å². The van der Waals surface area contributed by atoms with Gasteiger partial charge >= 0.3 is 5.97 Å². The second-order valence-electron chi connectivity index (χ2n) is 3.94. The van der Waals surface area contributed by atoms with Gasteiger partial charge in [0.2, 0.25) is 0 Å². The fraction of sp³-hybridized carbons (Fsp3) is 0.417. The SMILES string of the molecule is Cc1ccc(S(=O)C(C)C(C)C(=O)O)cc1. The van der Waals surface area contributed by atoms with Crippen molar-refractivity contribution < 1.29 is 14.1 Å². The van der Waals surface area contributed by atoms with E-state index in [0.717, 1.165) is 5.56 Å². The van der Waals surface area contributed by atoms with E-state index < -0.39 is 22.7 Å². The summed E-state index contributed by atoms with van der Waals surface area (Å²) in [5, 5.41) is 8.47. The van der Waals surface area contributed by atoms with Crippen molar-refractivity contribution in [2.24, 2.45) is 5.92 Å². The highest BCUT2D eigenvalue weighted by Gasteiger charge is 2.25. The summed E-state index contributed by atoms with van der Waals surface area (Å²) in [6.45, 7) is 5.24. The van der Waals surface area contributed by atoms with Crippen molar-refractivity contribution in [2.75, 3.05) is 0 Å². The second kappa shape index (κ2) is 5.25. The third-order valence-electron chi connectivity index (χ3n) is 2.68. The van der Waals surface area contributed by atoms with Crippen LogP contribution in [0, 0.1) is 12.8 Å². The molecule has 0 heterocycles. The number of hydrogen-bond acceptors (Lipinski definition) is 2. The molecular weight excluding hydrogens is 224 g/mol. The van der Waals surface area contributed by atoms with Crippen molar-refractivity contribution >= 4 is 16.8 Å². The minimum atomic E-state index is -1.27. The number of carboxylic acids is 1. The Labute approximate surface area is 98.0 Å². The lowest BCUT2D eigenvalue weighted by molar-refractivity contribution is -0.141. The molecule has 0 spiro atoms. The molecule has 88 valence electrons. The van der Waals surface area contributed by atoms with E-state index in [-0.39, 0.29) is 5.25 Å². The maximum Gasteiger partial charge on any atom is 0.307 e. The lowest BCUT2D eigenvalue weighted by Crippen LogP contribution is -2.26. The monoisotopic (exact) mass is 240 g/mol. The summed E-state index contributed by atoms with van der Waals surface area (Å²) in [5.41, 5.74) is 1.10. The average molecular weight is 240 g/mol. The summed E-state index contributed by atoms with van der Waals surface area (Å²) in [4.78, 5) is 11.5. The first kappa shape index (κ1) is 12.9. The number of aryl methyl sites for hydroxylation is 1. The van der Waals surface area contributed by atoms with Crippen LogP contribution in [-0.2, 0) is 15.6 Å². The van der Waals surface area contributed by atoms with Gasteiger partial charge in [0.25, 0.3) is 0 Å². The first-order chi connectivity index (χ1) is 7.43. The van der Waals surface area contributed by atoms with Crippen LogP contribution in [0.3, 0.4) is 0 Å². The van der Waals surface area contributed by atoms with E-state index in [9.17, 15) is 9.00 Å². The van der Waals surface area contributed by atoms with Crippen LogP contribution in [0.4, 0.5) is 0 Å². The maximum absolute atomic E-state index is 12.0. The summed E-state index contributed by atoms with van der Waals surface area (Å²) in [6.07, 6.45) is 0. The Morgan fingerprint density at radius 2 is 1.75 bits per heavy atom. The molecule has 1 rings (SSSR count). The molecule has 1 aromatic rings. The van der Waals surface area contributed by atoms with Crippen LogP contribution in [0.25, 0.3) is 0 Å². The van der Waals surface area contributed by atoms with Gasteiger partial charge in [-0.15, -0.1) is 0 Å². The molecule has 3 unspecified atom stereocenters. The maximum atomic E-state index is 12.0. The lowest BCUT2D eigenvalue weighted by Gasteiger charge is -2.15. The van der Waals surface area contributed by atoms with Crippen molar-refractivity contribution in [3.63, 3.8) is 0 Å². The lowest BCUT2D eigenvalue weighted by atomic mass is 10.1. The third kappa shape index (κ3) is 2.92. The Bertz CT molecular complexity index is 397. The van der Waals surface area contributed by atoms with Crippen molar-refractivity contribution in [1.29, 1.82) is 0 Å². The first-order valence-corrected chi connectivity index (χ1v) is 6.35. The quantitative estimate of drug-likeness (QED) is 0.878. The van der Waals surface area contributed by atoms with Crippen molar-refractivity contribution in [3.8, 4) is 0 Å². The van der Waals surface area contributed by atoms with Crippen LogP contribution >= 0.6 is 0 Å². The van der Waals surface area contributed by atoms with E-state index >= 15 is 0 Å². The predicted molar refractivity (Wildman–Crippen MR) is 63.8 cm³/mol. The van der Waals surface area contributed by atoms with E-state index in [0.29, 0.717) is 4.90 Å². The Morgan fingerprint density at radius 3 is 2.19 bits per heavy atom. The molecule has 0 aliphatic carbocycles. The van der Waals surface area contributed by atoms with Gasteiger partial charge in [-0.3, -0.25) is 9.00 Å². The highest BCUT2D eigenvalue weighted by Crippen LogP contribution is 2.18. The molecule has 0 amide bonds. The molecule has 0 fully saturated rings. The van der Waals surface area contributed by atoms with Crippen molar-refractivity contribution in [3.05, 3.63) is 29.8 Å². The van der Waals surface area contributed by atoms with Gasteiger partial charge < -0.3 is 5.11 Å². The molecule has 0 saturated carbocycles. The summed E-state index contributed by atoms with van der Waals surface area (Å²) >= 11 is 0. The van der Waals surface area contributed by atoms with E-state index in [1.165, 1.54) is 0 Å². The molecular formula is C12H16O3S. The molecule has 0 saturated heterocycles. The number of carbonyl (C=O) groups is 1. The Hall–Kier alpha value is -1.16. The first-order valence-electron chi connectivity index (χ1n) is 5.13. The van der Waals surface area contributed by atoms with Gasteiger partial charge in [-0.25, -0.2) is 0 Å². The fourth-order valence-corrected chi connectivity index (χ4v) is 2.59. The molecule has 3 atom stereocenters. The van der Waals surface area contributed by atoms with Crippen LogP contribution in [0.1, 0.15) is 19.4 Å². The normalized spacial score (nSPS) is 16.4. The smallest absolute Gasteiger partial charge is 0.307 e. The molecule has 0 bridgehead atoms. The zero-order valence-electron chi connectivity index (χ0n) is 9.64. The topological polar surface area (TPSA) is 54.4 Å². The van der Waals surface area contributed by atoms with Gasteiger partial charge in [0, 0.05) is 10.1 Å². The van der Waals surface area contributed by atoms with Crippen LogP contribution in [-0.4, -0.2) is 20.5 Å². The van der Waals surface area contributed by atoms with Gasteiger partial charge in [0.05, 0.1) is 16.7 Å². The summed E-state index contributed by atoms with van der Waals surface area (Å²) < 4.78 is 12.0. The van der Waals surface area contributed by atoms with Gasteiger partial charge in [-0.05, 0) is 26.0 Å². The molecule has 0 aliphatic heterocycles. The van der Waals surface area contributed by atoms with Gasteiger partial charge in [0.15, 0.2) is 0 Å². The minimum Gasteiger partial charge on any atom is -0.481 e. The number of hydrogen-bond donors (Lipinski definition) is 1.